The molecule has 8 nitrogen and oxygen atoms in total. The van der Waals surface area contributed by atoms with Crippen molar-refractivity contribution in [3.63, 3.8) is 0 Å². The second-order valence-electron chi connectivity index (χ2n) is 10.5. The van der Waals surface area contributed by atoms with E-state index in [0.29, 0.717) is 24.3 Å². The van der Waals surface area contributed by atoms with Crippen LogP contribution in [-0.2, 0) is 14.4 Å². The number of likely N-dealkylation sites (tertiary alicyclic amines) is 1. The molecule has 200 valence electrons. The first-order valence-corrected chi connectivity index (χ1v) is 13.4. The number of piperidine rings is 1. The summed E-state index contributed by atoms with van der Waals surface area (Å²) in [6, 6.07) is 13.0. The molecule has 0 spiro atoms. The van der Waals surface area contributed by atoms with Crippen molar-refractivity contribution in [2.75, 3.05) is 6.54 Å². The van der Waals surface area contributed by atoms with Crippen LogP contribution in [0.25, 0.3) is 11.0 Å². The summed E-state index contributed by atoms with van der Waals surface area (Å²) in [5.74, 6) is -1.02. The van der Waals surface area contributed by atoms with Gasteiger partial charge in [0.1, 0.15) is 17.4 Å². The molecule has 2 heterocycles. The number of halogens is 1. The van der Waals surface area contributed by atoms with Crippen molar-refractivity contribution in [2.45, 2.75) is 70.0 Å². The number of benzene rings is 2. The summed E-state index contributed by atoms with van der Waals surface area (Å²) < 4.78 is 14.1. The molecule has 1 aliphatic carbocycles. The molecule has 5 rings (SSSR count). The number of amides is 3. The fourth-order valence-electron chi connectivity index (χ4n) is 5.41. The minimum atomic E-state index is -1.02. The predicted octanol–water partition coefficient (Wildman–Crippen LogP) is 3.96. The molecule has 1 aliphatic heterocycles. The van der Waals surface area contributed by atoms with Crippen LogP contribution >= 0.6 is 0 Å². The number of carbonyl (C=O) groups is 3. The fourth-order valence-corrected chi connectivity index (χ4v) is 5.41. The molecule has 9 heteroatoms. The van der Waals surface area contributed by atoms with Crippen molar-refractivity contribution < 1.29 is 18.8 Å². The molecule has 0 bridgehead atoms. The number of fused-ring (bicyclic) bond motifs is 1. The summed E-state index contributed by atoms with van der Waals surface area (Å²) >= 11 is 0. The zero-order chi connectivity index (χ0) is 26.8. The Kier molecular flexibility index (Phi) is 7.44. The van der Waals surface area contributed by atoms with Crippen molar-refractivity contribution in [1.29, 1.82) is 0 Å². The minimum absolute atomic E-state index is 0.103. The first-order valence-electron chi connectivity index (χ1n) is 13.4. The average Bonchev–Trinajstić information content (AvgIpc) is 3.59. The number of nitrogens with zero attached hydrogens (tertiary/aromatic N) is 2. The zero-order valence-electron chi connectivity index (χ0n) is 21.7. The number of aromatic amines is 1. The van der Waals surface area contributed by atoms with Crippen LogP contribution in [0.1, 0.15) is 69.3 Å². The maximum absolute atomic E-state index is 14.1. The quantitative estimate of drug-likeness (QED) is 0.419. The lowest BCUT2D eigenvalue weighted by atomic mass is 10.0. The van der Waals surface area contributed by atoms with Gasteiger partial charge >= 0.3 is 0 Å². The molecule has 2 aliphatic rings. The topological polar surface area (TPSA) is 107 Å². The Balaban J connectivity index is 1.29. The van der Waals surface area contributed by atoms with Crippen LogP contribution in [0.15, 0.2) is 48.5 Å². The summed E-state index contributed by atoms with van der Waals surface area (Å²) in [5, 5.41) is 5.73. The van der Waals surface area contributed by atoms with Gasteiger partial charge in [0.2, 0.25) is 17.7 Å². The summed E-state index contributed by atoms with van der Waals surface area (Å²) in [5.41, 5.74) is 1.82. The Hall–Kier alpha value is -3.75. The number of para-hydroxylation sites is 1. The van der Waals surface area contributed by atoms with Crippen molar-refractivity contribution >= 4 is 28.8 Å². The molecule has 0 radical (unpaired) electrons. The number of carbonyl (C=O) groups excluding carboxylic acids is 3. The van der Waals surface area contributed by atoms with E-state index in [4.69, 9.17) is 0 Å². The molecule has 5 atom stereocenters. The molecule has 3 aromatic rings. The Morgan fingerprint density at radius 3 is 2.63 bits per heavy atom. The number of H-pyrrole nitrogens is 1. The van der Waals surface area contributed by atoms with Gasteiger partial charge in [0.05, 0.1) is 18.0 Å². The number of hydrogen-bond donors (Lipinski definition) is 3. The summed E-state index contributed by atoms with van der Waals surface area (Å²) in [6.07, 6.45) is 3.52. The molecule has 2 aromatic carbocycles. The van der Waals surface area contributed by atoms with E-state index in [1.165, 1.54) is 6.07 Å². The van der Waals surface area contributed by atoms with Crippen molar-refractivity contribution in [3.8, 4) is 0 Å². The second-order valence-corrected chi connectivity index (χ2v) is 10.5. The van der Waals surface area contributed by atoms with Crippen molar-refractivity contribution in [2.24, 2.45) is 5.92 Å². The number of rotatable bonds is 8. The van der Waals surface area contributed by atoms with Gasteiger partial charge in [0, 0.05) is 18.5 Å². The molecule has 2 fully saturated rings. The smallest absolute Gasteiger partial charge is 0.243 e. The van der Waals surface area contributed by atoms with Crippen LogP contribution in [0.4, 0.5) is 4.39 Å². The van der Waals surface area contributed by atoms with E-state index in [1.54, 1.807) is 19.1 Å². The van der Waals surface area contributed by atoms with Gasteiger partial charge in [-0.25, -0.2) is 9.37 Å². The van der Waals surface area contributed by atoms with Crippen molar-refractivity contribution in [3.05, 3.63) is 65.7 Å². The maximum atomic E-state index is 14.1. The zero-order valence-corrected chi connectivity index (χ0v) is 21.7. The van der Waals surface area contributed by atoms with Gasteiger partial charge < -0.3 is 20.5 Å². The van der Waals surface area contributed by atoms with E-state index in [-0.39, 0.29) is 41.6 Å². The van der Waals surface area contributed by atoms with Gasteiger partial charge in [0.25, 0.3) is 0 Å². The van der Waals surface area contributed by atoms with Crippen LogP contribution in [0.3, 0.4) is 0 Å². The largest absolute Gasteiger partial charge is 0.345 e. The third-order valence-electron chi connectivity index (χ3n) is 7.74. The number of imidazole rings is 1. The number of aromatic nitrogens is 2. The van der Waals surface area contributed by atoms with Crippen LogP contribution < -0.4 is 10.6 Å². The van der Waals surface area contributed by atoms with Gasteiger partial charge in [0.15, 0.2) is 5.82 Å². The van der Waals surface area contributed by atoms with Gasteiger partial charge in [-0.2, -0.15) is 0 Å². The maximum Gasteiger partial charge on any atom is 0.243 e. The Morgan fingerprint density at radius 2 is 1.89 bits per heavy atom. The predicted molar refractivity (Wildman–Crippen MR) is 141 cm³/mol. The molecular formula is C29H34FN5O3. The Morgan fingerprint density at radius 1 is 1.11 bits per heavy atom. The lowest BCUT2D eigenvalue weighted by Gasteiger charge is -2.34. The van der Waals surface area contributed by atoms with E-state index in [0.717, 1.165) is 24.8 Å². The van der Waals surface area contributed by atoms with E-state index < -0.39 is 23.8 Å². The third kappa shape index (κ3) is 5.56. The first kappa shape index (κ1) is 25.9. The Labute approximate surface area is 221 Å². The summed E-state index contributed by atoms with van der Waals surface area (Å²) in [6.45, 7) is 4.40. The SMILES string of the molecule is C[C@H](NC(=O)[C@H](CC(=O)N1CCCC[C@@H]1C)NC(=O)[C@@H]1C[C@H]1c1ccccc1)c1nc2c(F)cccc2[nH]1. The molecule has 3 N–H and O–H groups in total. The first-order chi connectivity index (χ1) is 18.3. The molecule has 1 saturated carbocycles. The second kappa shape index (κ2) is 10.9. The highest BCUT2D eigenvalue weighted by Crippen LogP contribution is 2.47. The molecule has 3 amide bonds. The Bertz CT molecular complexity index is 1330. The molecule has 38 heavy (non-hydrogen) atoms. The molecule has 0 unspecified atom stereocenters. The molecular weight excluding hydrogens is 485 g/mol. The standard InChI is InChI=1S/C29H34FN5O3/c1-17-9-6-7-14-35(17)25(36)16-24(33-28(37)21-15-20(21)19-10-4-3-5-11-19)29(38)31-18(2)27-32-23-13-8-12-22(30)26(23)34-27/h3-5,8,10-13,17-18,20-21,24H,6-7,9,14-16H2,1-2H3,(H,31,38)(H,32,34)(H,33,37)/t17-,18-,20-,21+,24-/m0/s1. The van der Waals surface area contributed by atoms with E-state index in [1.807, 2.05) is 42.2 Å². The number of nitrogens with one attached hydrogen (secondary N) is 3. The highest BCUT2D eigenvalue weighted by Gasteiger charge is 2.45. The highest BCUT2D eigenvalue weighted by molar-refractivity contribution is 5.93. The van der Waals surface area contributed by atoms with E-state index in [9.17, 15) is 18.8 Å². The summed E-state index contributed by atoms with van der Waals surface area (Å²) in [7, 11) is 0. The normalized spacial score (nSPS) is 22.5. The number of hydrogen-bond acceptors (Lipinski definition) is 4. The average molecular weight is 520 g/mol. The van der Waals surface area contributed by atoms with Gasteiger partial charge in [-0.05, 0) is 63.1 Å². The molecule has 1 saturated heterocycles. The van der Waals surface area contributed by atoms with Crippen LogP contribution in [-0.4, -0.2) is 51.2 Å². The molecule has 1 aromatic heterocycles. The van der Waals surface area contributed by atoms with Gasteiger partial charge in [-0.3, -0.25) is 14.4 Å². The third-order valence-corrected chi connectivity index (χ3v) is 7.74. The van der Waals surface area contributed by atoms with E-state index >= 15 is 0 Å². The lowest BCUT2D eigenvalue weighted by Crippen LogP contribution is -2.52. The van der Waals surface area contributed by atoms with Crippen LogP contribution in [0.5, 0.6) is 0 Å². The summed E-state index contributed by atoms with van der Waals surface area (Å²) in [4.78, 5) is 49.0. The fraction of sp³-hybridized carbons (Fsp3) is 0.448. The van der Waals surface area contributed by atoms with E-state index in [2.05, 4.69) is 20.6 Å². The van der Waals surface area contributed by atoms with Gasteiger partial charge in [-0.1, -0.05) is 36.4 Å². The highest BCUT2D eigenvalue weighted by atomic mass is 19.1. The van der Waals surface area contributed by atoms with Gasteiger partial charge in [-0.15, -0.1) is 0 Å². The van der Waals surface area contributed by atoms with Crippen molar-refractivity contribution in [1.82, 2.24) is 25.5 Å². The minimum Gasteiger partial charge on any atom is -0.345 e. The van der Waals surface area contributed by atoms with Crippen LogP contribution in [0.2, 0.25) is 0 Å². The van der Waals surface area contributed by atoms with Crippen LogP contribution in [0, 0.1) is 11.7 Å². The monoisotopic (exact) mass is 519 g/mol. The lowest BCUT2D eigenvalue weighted by molar-refractivity contribution is -0.138.